The van der Waals surface area contributed by atoms with Crippen molar-refractivity contribution >= 4 is 0 Å². The van der Waals surface area contributed by atoms with Crippen molar-refractivity contribution in [2.75, 3.05) is 20.1 Å². The van der Waals surface area contributed by atoms with Crippen molar-refractivity contribution in [1.29, 1.82) is 0 Å². The van der Waals surface area contributed by atoms with E-state index in [2.05, 4.69) is 31.1 Å². The second-order valence-electron chi connectivity index (χ2n) is 5.81. The Bertz CT molecular complexity index is 197. The van der Waals surface area contributed by atoms with Crippen molar-refractivity contribution in [3.8, 4) is 0 Å². The van der Waals surface area contributed by atoms with Gasteiger partial charge in [-0.3, -0.25) is 0 Å². The van der Waals surface area contributed by atoms with Crippen LogP contribution in [0.4, 0.5) is 0 Å². The largest absolute Gasteiger partial charge is 0.314 e. The average Bonchev–Trinajstić information content (AvgIpc) is 3.02. The van der Waals surface area contributed by atoms with Gasteiger partial charge in [0.25, 0.3) is 0 Å². The van der Waals surface area contributed by atoms with E-state index in [1.54, 1.807) is 0 Å². The molecular formula is C13H26N2. The highest BCUT2D eigenvalue weighted by Gasteiger charge is 2.30. The van der Waals surface area contributed by atoms with Crippen molar-refractivity contribution in [1.82, 2.24) is 10.2 Å². The number of hydrogen-bond acceptors (Lipinski definition) is 2. The van der Waals surface area contributed by atoms with E-state index < -0.39 is 0 Å². The molecule has 2 heteroatoms. The third-order valence-electron chi connectivity index (χ3n) is 3.93. The zero-order valence-electron chi connectivity index (χ0n) is 10.5. The zero-order chi connectivity index (χ0) is 10.8. The molecule has 0 heterocycles. The fourth-order valence-corrected chi connectivity index (χ4v) is 2.32. The average molecular weight is 210 g/mol. The summed E-state index contributed by atoms with van der Waals surface area (Å²) in [5.74, 6) is 1.79. The molecular weight excluding hydrogens is 184 g/mol. The Labute approximate surface area is 94.4 Å². The summed E-state index contributed by atoms with van der Waals surface area (Å²) in [7, 11) is 2.29. The maximum atomic E-state index is 3.62. The second kappa shape index (κ2) is 4.84. The molecule has 2 rings (SSSR count). The van der Waals surface area contributed by atoms with Crippen LogP contribution in [0.1, 0.15) is 39.5 Å². The van der Waals surface area contributed by atoms with Gasteiger partial charge in [-0.05, 0) is 58.0 Å². The van der Waals surface area contributed by atoms with Gasteiger partial charge in [-0.25, -0.2) is 0 Å². The second-order valence-corrected chi connectivity index (χ2v) is 5.81. The van der Waals surface area contributed by atoms with Crippen molar-refractivity contribution in [2.45, 2.75) is 51.6 Å². The number of hydrogen-bond donors (Lipinski definition) is 1. The maximum Gasteiger partial charge on any atom is 0.00922 e. The van der Waals surface area contributed by atoms with E-state index in [9.17, 15) is 0 Å². The fourth-order valence-electron chi connectivity index (χ4n) is 2.32. The molecule has 2 unspecified atom stereocenters. The lowest BCUT2D eigenvalue weighted by molar-refractivity contribution is 0.203. The van der Waals surface area contributed by atoms with E-state index in [4.69, 9.17) is 0 Å². The lowest BCUT2D eigenvalue weighted by Crippen LogP contribution is -2.37. The first kappa shape index (κ1) is 11.4. The molecule has 2 saturated carbocycles. The molecule has 0 saturated heterocycles. The summed E-state index contributed by atoms with van der Waals surface area (Å²) >= 11 is 0. The zero-order valence-corrected chi connectivity index (χ0v) is 10.5. The topological polar surface area (TPSA) is 15.3 Å². The molecule has 0 amide bonds. The van der Waals surface area contributed by atoms with Gasteiger partial charge >= 0.3 is 0 Å². The molecule has 2 nitrogen and oxygen atoms in total. The van der Waals surface area contributed by atoms with Crippen molar-refractivity contribution in [3.63, 3.8) is 0 Å². The highest BCUT2D eigenvalue weighted by atomic mass is 15.1. The molecule has 0 spiro atoms. The highest BCUT2D eigenvalue weighted by Crippen LogP contribution is 2.34. The quantitative estimate of drug-likeness (QED) is 0.692. The first-order valence-electron chi connectivity index (χ1n) is 6.60. The van der Waals surface area contributed by atoms with E-state index in [1.807, 2.05) is 0 Å². The van der Waals surface area contributed by atoms with Gasteiger partial charge in [0.15, 0.2) is 0 Å². The summed E-state index contributed by atoms with van der Waals surface area (Å²) < 4.78 is 0. The Kier molecular flexibility index (Phi) is 3.68. The minimum atomic E-state index is 0.789. The molecule has 0 radical (unpaired) electrons. The van der Waals surface area contributed by atoms with Crippen LogP contribution in [0, 0.1) is 11.8 Å². The third-order valence-corrected chi connectivity index (χ3v) is 3.93. The van der Waals surface area contributed by atoms with Crippen LogP contribution in [0.3, 0.4) is 0 Å². The number of nitrogens with one attached hydrogen (secondary N) is 1. The number of nitrogens with zero attached hydrogens (tertiary/aromatic N) is 1. The summed E-state index contributed by atoms with van der Waals surface area (Å²) in [6, 6.07) is 1.66. The Morgan fingerprint density at radius 3 is 2.40 bits per heavy atom. The molecule has 0 aromatic heterocycles. The summed E-state index contributed by atoms with van der Waals surface area (Å²) in [6.45, 7) is 7.20. The van der Waals surface area contributed by atoms with Gasteiger partial charge in [0.05, 0.1) is 0 Å². The van der Waals surface area contributed by atoms with E-state index in [0.29, 0.717) is 0 Å². The molecule has 15 heavy (non-hydrogen) atoms. The molecule has 2 aliphatic rings. The summed E-state index contributed by atoms with van der Waals surface area (Å²) in [5, 5.41) is 3.62. The van der Waals surface area contributed by atoms with E-state index >= 15 is 0 Å². The first-order chi connectivity index (χ1) is 7.16. The monoisotopic (exact) mass is 210 g/mol. The van der Waals surface area contributed by atoms with Gasteiger partial charge in [-0.2, -0.15) is 0 Å². The van der Waals surface area contributed by atoms with Gasteiger partial charge in [-0.1, -0.05) is 6.92 Å². The number of rotatable bonds is 7. The first-order valence-corrected chi connectivity index (χ1v) is 6.60. The van der Waals surface area contributed by atoms with Crippen LogP contribution in [0.2, 0.25) is 0 Å². The van der Waals surface area contributed by atoms with Gasteiger partial charge in [0.1, 0.15) is 0 Å². The van der Waals surface area contributed by atoms with Crippen molar-refractivity contribution in [2.24, 2.45) is 11.8 Å². The van der Waals surface area contributed by atoms with E-state index in [1.165, 1.54) is 38.8 Å². The SMILES string of the molecule is CC(CNC1CC1)CN(C)C(C)C1CC1. The highest BCUT2D eigenvalue weighted by molar-refractivity contribution is 4.85. The van der Waals surface area contributed by atoms with Crippen LogP contribution in [0.15, 0.2) is 0 Å². The van der Waals surface area contributed by atoms with Crippen LogP contribution in [-0.4, -0.2) is 37.1 Å². The minimum Gasteiger partial charge on any atom is -0.314 e. The Morgan fingerprint density at radius 2 is 1.87 bits per heavy atom. The van der Waals surface area contributed by atoms with Crippen LogP contribution in [0.25, 0.3) is 0 Å². The summed E-state index contributed by atoms with van der Waals surface area (Å²) in [5.41, 5.74) is 0. The Balaban J connectivity index is 1.60. The molecule has 2 aliphatic carbocycles. The summed E-state index contributed by atoms with van der Waals surface area (Å²) in [6.07, 6.45) is 5.72. The van der Waals surface area contributed by atoms with E-state index in [0.717, 1.165) is 23.9 Å². The molecule has 88 valence electrons. The minimum absolute atomic E-state index is 0.789. The van der Waals surface area contributed by atoms with Crippen molar-refractivity contribution < 1.29 is 0 Å². The van der Waals surface area contributed by atoms with Crippen LogP contribution < -0.4 is 5.32 Å². The Hall–Kier alpha value is -0.0800. The Morgan fingerprint density at radius 1 is 1.20 bits per heavy atom. The van der Waals surface area contributed by atoms with Crippen molar-refractivity contribution in [3.05, 3.63) is 0 Å². The van der Waals surface area contributed by atoms with Crippen LogP contribution >= 0.6 is 0 Å². The molecule has 0 aliphatic heterocycles. The maximum absolute atomic E-state index is 3.62. The molecule has 2 atom stereocenters. The molecule has 0 bridgehead atoms. The predicted octanol–water partition coefficient (Wildman–Crippen LogP) is 2.10. The fraction of sp³-hybridized carbons (Fsp3) is 1.00. The van der Waals surface area contributed by atoms with E-state index in [-0.39, 0.29) is 0 Å². The standard InChI is InChI=1S/C13H26N2/c1-10(8-14-13-6-7-13)9-15(3)11(2)12-4-5-12/h10-14H,4-9H2,1-3H3. The molecule has 2 fully saturated rings. The molecule has 0 aromatic carbocycles. The molecule has 0 aromatic rings. The van der Waals surface area contributed by atoms with Gasteiger partial charge < -0.3 is 10.2 Å². The van der Waals surface area contributed by atoms with Gasteiger partial charge in [0, 0.05) is 18.6 Å². The van der Waals surface area contributed by atoms with Gasteiger partial charge in [-0.15, -0.1) is 0 Å². The lowest BCUT2D eigenvalue weighted by atomic mass is 10.1. The van der Waals surface area contributed by atoms with Crippen LogP contribution in [-0.2, 0) is 0 Å². The summed E-state index contributed by atoms with van der Waals surface area (Å²) in [4.78, 5) is 2.55. The third kappa shape index (κ3) is 3.76. The smallest absolute Gasteiger partial charge is 0.00922 e. The van der Waals surface area contributed by atoms with Gasteiger partial charge in [0.2, 0.25) is 0 Å². The lowest BCUT2D eigenvalue weighted by Gasteiger charge is -2.27. The van der Waals surface area contributed by atoms with Crippen LogP contribution in [0.5, 0.6) is 0 Å². The molecule has 1 N–H and O–H groups in total. The predicted molar refractivity (Wildman–Crippen MR) is 65.0 cm³/mol. The normalized spacial score (nSPS) is 25.6.